The van der Waals surface area contributed by atoms with E-state index in [0.717, 1.165) is 6.07 Å². The molecular weight excluding hydrogens is 227 g/mol. The molecule has 1 heterocycles. The molecule has 1 amide bonds. The van der Waals surface area contributed by atoms with Gasteiger partial charge >= 0.3 is 6.09 Å². The summed E-state index contributed by atoms with van der Waals surface area (Å²) in [4.78, 5) is 15.2. The first-order chi connectivity index (χ1) is 7.83. The number of amides is 1. The number of ether oxygens (including phenoxy) is 2. The van der Waals surface area contributed by atoms with Crippen LogP contribution in [0.1, 0.15) is 20.8 Å². The van der Waals surface area contributed by atoms with E-state index >= 15 is 0 Å². The van der Waals surface area contributed by atoms with E-state index in [-0.39, 0.29) is 11.6 Å². The van der Waals surface area contributed by atoms with Crippen molar-refractivity contribution >= 4 is 11.8 Å². The Morgan fingerprint density at radius 2 is 2.12 bits per heavy atom. The Morgan fingerprint density at radius 3 is 2.65 bits per heavy atom. The minimum atomic E-state index is -0.761. The molecule has 0 saturated heterocycles. The molecule has 0 fully saturated rings. The summed E-state index contributed by atoms with van der Waals surface area (Å²) >= 11 is 0. The number of aromatic nitrogens is 1. The number of pyridine rings is 1. The lowest BCUT2D eigenvalue weighted by Crippen LogP contribution is -2.27. The van der Waals surface area contributed by atoms with Crippen LogP contribution in [0.2, 0.25) is 0 Å². The van der Waals surface area contributed by atoms with E-state index < -0.39 is 17.5 Å². The van der Waals surface area contributed by atoms with E-state index in [9.17, 15) is 9.18 Å². The van der Waals surface area contributed by atoms with Gasteiger partial charge < -0.3 is 9.47 Å². The highest BCUT2D eigenvalue weighted by Crippen LogP contribution is 2.24. The van der Waals surface area contributed by atoms with E-state index in [0.29, 0.717) is 0 Å². The number of anilines is 1. The number of nitrogens with zero attached hydrogens (tertiary/aromatic N) is 1. The number of methoxy groups -OCH3 is 1. The lowest BCUT2D eigenvalue weighted by Gasteiger charge is -2.20. The third-order valence-electron chi connectivity index (χ3n) is 1.68. The molecule has 0 aromatic carbocycles. The molecule has 1 aromatic rings. The minimum Gasteiger partial charge on any atom is -0.479 e. The summed E-state index contributed by atoms with van der Waals surface area (Å²) in [6.07, 6.45) is 0.483. The first-order valence-electron chi connectivity index (χ1n) is 5.02. The highest BCUT2D eigenvalue weighted by Gasteiger charge is 2.19. The smallest absolute Gasteiger partial charge is 0.412 e. The number of carbonyl (C=O) groups excluding carboxylic acids is 1. The number of rotatable bonds is 2. The van der Waals surface area contributed by atoms with E-state index in [2.05, 4.69) is 10.3 Å². The van der Waals surface area contributed by atoms with Gasteiger partial charge in [-0.25, -0.2) is 14.2 Å². The molecule has 6 heteroatoms. The number of hydrogen-bond donors (Lipinski definition) is 1. The van der Waals surface area contributed by atoms with Crippen LogP contribution in [0.3, 0.4) is 0 Å². The van der Waals surface area contributed by atoms with Gasteiger partial charge in [0.15, 0.2) is 5.82 Å². The molecule has 1 aromatic heterocycles. The summed E-state index contributed by atoms with van der Waals surface area (Å²) in [5.74, 6) is -0.640. The van der Waals surface area contributed by atoms with E-state index in [4.69, 9.17) is 9.47 Å². The Bertz CT molecular complexity index is 416. The fourth-order valence-corrected chi connectivity index (χ4v) is 1.09. The molecular formula is C11H15FN2O3. The van der Waals surface area contributed by atoms with Gasteiger partial charge in [0, 0.05) is 6.20 Å². The maximum atomic E-state index is 13.4. The Balaban J connectivity index is 2.84. The molecule has 0 spiro atoms. The van der Waals surface area contributed by atoms with Crippen molar-refractivity contribution in [3.8, 4) is 5.88 Å². The van der Waals surface area contributed by atoms with Crippen molar-refractivity contribution < 1.29 is 18.7 Å². The van der Waals surface area contributed by atoms with Gasteiger partial charge in [-0.05, 0) is 26.8 Å². The third kappa shape index (κ3) is 3.90. The van der Waals surface area contributed by atoms with Crippen LogP contribution in [-0.2, 0) is 4.74 Å². The fourth-order valence-electron chi connectivity index (χ4n) is 1.09. The number of hydrogen-bond acceptors (Lipinski definition) is 4. The topological polar surface area (TPSA) is 60.5 Å². The van der Waals surface area contributed by atoms with Crippen LogP contribution in [0.4, 0.5) is 14.9 Å². The molecule has 0 unspecified atom stereocenters. The third-order valence-corrected chi connectivity index (χ3v) is 1.68. The van der Waals surface area contributed by atoms with Crippen molar-refractivity contribution in [3.05, 3.63) is 18.1 Å². The highest BCUT2D eigenvalue weighted by atomic mass is 19.1. The minimum absolute atomic E-state index is 0.00383. The average Bonchev–Trinajstić information content (AvgIpc) is 2.18. The Labute approximate surface area is 98.9 Å². The molecule has 1 rings (SSSR count). The fraction of sp³-hybridized carbons (Fsp3) is 0.455. The Hall–Kier alpha value is -1.85. The standard InChI is InChI=1S/C11H15FN2O3/c1-11(2,3)17-10(15)14-8-7(12)5-6-13-9(8)16-4/h5-6H,1-4H3,(H,14,15). The van der Waals surface area contributed by atoms with E-state index in [1.165, 1.54) is 13.3 Å². The Kier molecular flexibility index (Phi) is 3.88. The van der Waals surface area contributed by atoms with E-state index in [1.807, 2.05) is 0 Å². The SMILES string of the molecule is COc1nccc(F)c1NC(=O)OC(C)(C)C. The maximum Gasteiger partial charge on any atom is 0.412 e. The summed E-state index contributed by atoms with van der Waals surface area (Å²) < 4.78 is 23.3. The molecule has 0 atom stereocenters. The zero-order chi connectivity index (χ0) is 13.1. The molecule has 0 aliphatic rings. The van der Waals surface area contributed by atoms with Crippen LogP contribution >= 0.6 is 0 Å². The first-order valence-corrected chi connectivity index (χ1v) is 5.02. The average molecular weight is 242 g/mol. The maximum absolute atomic E-state index is 13.4. The normalized spacial score (nSPS) is 10.9. The van der Waals surface area contributed by atoms with Crippen molar-refractivity contribution in [1.29, 1.82) is 0 Å². The predicted molar refractivity (Wildman–Crippen MR) is 60.6 cm³/mol. The zero-order valence-corrected chi connectivity index (χ0v) is 10.2. The largest absolute Gasteiger partial charge is 0.479 e. The molecule has 17 heavy (non-hydrogen) atoms. The second-order valence-corrected chi connectivity index (χ2v) is 4.30. The number of halogens is 1. The van der Waals surface area contributed by atoms with Crippen LogP contribution in [0, 0.1) is 5.82 Å². The van der Waals surface area contributed by atoms with Gasteiger partial charge in [-0.1, -0.05) is 0 Å². The van der Waals surface area contributed by atoms with Crippen LogP contribution in [-0.4, -0.2) is 23.8 Å². The van der Waals surface area contributed by atoms with E-state index in [1.54, 1.807) is 20.8 Å². The summed E-state index contributed by atoms with van der Waals surface area (Å²) in [6.45, 7) is 5.14. The second-order valence-electron chi connectivity index (χ2n) is 4.30. The molecule has 0 aliphatic carbocycles. The summed E-state index contributed by atoms with van der Waals surface area (Å²) in [5.41, 5.74) is -0.792. The van der Waals surface area contributed by atoms with Gasteiger partial charge in [-0.15, -0.1) is 0 Å². The van der Waals surface area contributed by atoms with Gasteiger partial charge in [0.25, 0.3) is 0 Å². The van der Waals surface area contributed by atoms with Gasteiger partial charge in [0.05, 0.1) is 7.11 Å². The number of carbonyl (C=O) groups is 1. The van der Waals surface area contributed by atoms with Crippen molar-refractivity contribution in [2.45, 2.75) is 26.4 Å². The lowest BCUT2D eigenvalue weighted by molar-refractivity contribution is 0.0634. The summed E-state index contributed by atoms with van der Waals surface area (Å²) in [6, 6.07) is 1.12. The van der Waals surface area contributed by atoms with Gasteiger partial charge in [0.1, 0.15) is 11.3 Å². The van der Waals surface area contributed by atoms with Crippen molar-refractivity contribution in [3.63, 3.8) is 0 Å². The van der Waals surface area contributed by atoms with Gasteiger partial charge in [-0.3, -0.25) is 5.32 Å². The second kappa shape index (κ2) is 4.99. The van der Waals surface area contributed by atoms with Gasteiger partial charge in [-0.2, -0.15) is 0 Å². The monoisotopic (exact) mass is 242 g/mol. The molecule has 1 N–H and O–H groups in total. The van der Waals surface area contributed by atoms with Crippen LogP contribution in [0.25, 0.3) is 0 Å². The van der Waals surface area contributed by atoms with Crippen molar-refractivity contribution in [1.82, 2.24) is 4.98 Å². The summed E-state index contributed by atoms with van der Waals surface area (Å²) in [5, 5.41) is 2.26. The zero-order valence-electron chi connectivity index (χ0n) is 10.2. The molecule has 0 saturated carbocycles. The lowest BCUT2D eigenvalue weighted by atomic mass is 10.2. The van der Waals surface area contributed by atoms with Gasteiger partial charge in [0.2, 0.25) is 5.88 Å². The molecule has 0 radical (unpaired) electrons. The van der Waals surface area contributed by atoms with Crippen LogP contribution in [0.5, 0.6) is 5.88 Å². The summed E-state index contributed by atoms with van der Waals surface area (Å²) in [7, 11) is 1.34. The van der Waals surface area contributed by atoms with Crippen molar-refractivity contribution in [2.75, 3.05) is 12.4 Å². The molecule has 0 bridgehead atoms. The predicted octanol–water partition coefficient (Wildman–Crippen LogP) is 2.58. The first kappa shape index (κ1) is 13.2. The highest BCUT2D eigenvalue weighted by molar-refractivity contribution is 5.86. The molecule has 5 nitrogen and oxygen atoms in total. The van der Waals surface area contributed by atoms with Crippen LogP contribution in [0.15, 0.2) is 12.3 Å². The van der Waals surface area contributed by atoms with Crippen molar-refractivity contribution in [2.24, 2.45) is 0 Å². The molecule has 0 aliphatic heterocycles. The quantitative estimate of drug-likeness (QED) is 0.865. The number of nitrogens with one attached hydrogen (secondary N) is 1. The Morgan fingerprint density at radius 1 is 1.47 bits per heavy atom. The molecule has 94 valence electrons. The van der Waals surface area contributed by atoms with Crippen LogP contribution < -0.4 is 10.1 Å².